The third-order valence-electron chi connectivity index (χ3n) is 3.26. The highest BCUT2D eigenvalue weighted by Crippen LogP contribution is 2.21. The van der Waals surface area contributed by atoms with E-state index in [1.54, 1.807) is 11.3 Å². The van der Waals surface area contributed by atoms with Crippen LogP contribution < -0.4 is 0 Å². The molecule has 2 heterocycles. The largest absolute Gasteiger partial charge is 0.392 e. The lowest BCUT2D eigenvalue weighted by atomic mass is 10.1. The number of hydrogen-bond acceptors (Lipinski definition) is 2. The van der Waals surface area contributed by atoms with E-state index < -0.39 is 0 Å². The van der Waals surface area contributed by atoms with E-state index in [0.29, 0.717) is 0 Å². The Morgan fingerprint density at radius 3 is 2.89 bits per heavy atom. The topological polar surface area (TPSA) is 25.2 Å². The first-order valence-corrected chi connectivity index (χ1v) is 7.01. The van der Waals surface area contributed by atoms with E-state index >= 15 is 0 Å². The van der Waals surface area contributed by atoms with Gasteiger partial charge in [0, 0.05) is 18.3 Å². The molecule has 3 aromatic rings. The number of aliphatic hydroxyl groups is 1. The molecule has 1 aromatic carbocycles. The quantitative estimate of drug-likeness (QED) is 0.761. The predicted octanol–water partition coefficient (Wildman–Crippen LogP) is 3.44. The van der Waals surface area contributed by atoms with Crippen LogP contribution in [0.5, 0.6) is 0 Å². The van der Waals surface area contributed by atoms with Gasteiger partial charge < -0.3 is 9.67 Å². The summed E-state index contributed by atoms with van der Waals surface area (Å²) >= 11 is 1.74. The molecule has 0 aliphatic carbocycles. The number of hydrogen-bond donors (Lipinski definition) is 1. The van der Waals surface area contributed by atoms with Crippen molar-refractivity contribution in [3.8, 4) is 0 Å². The average Bonchev–Trinajstić information content (AvgIpc) is 3.05. The van der Waals surface area contributed by atoms with Gasteiger partial charge in [0.05, 0.1) is 12.1 Å². The number of aryl methyl sites for hydroxylation is 2. The third-order valence-corrected chi connectivity index (χ3v) is 4.00. The zero-order valence-corrected chi connectivity index (χ0v) is 10.9. The highest BCUT2D eigenvalue weighted by Gasteiger charge is 2.05. The standard InChI is InChI=1S/C15H15NOS/c17-10-14-3-1-2-13-5-8-16(15(13)14)7-4-12-6-9-18-11-12/h1-3,5-6,8-9,11,17H,4,7,10H2. The van der Waals surface area contributed by atoms with Crippen LogP contribution in [0.3, 0.4) is 0 Å². The molecular formula is C15H15NOS. The number of rotatable bonds is 4. The minimum atomic E-state index is 0.0970. The van der Waals surface area contributed by atoms with Gasteiger partial charge in [-0.15, -0.1) is 0 Å². The summed E-state index contributed by atoms with van der Waals surface area (Å²) in [5.74, 6) is 0. The number of benzene rings is 1. The Kier molecular flexibility index (Phi) is 3.17. The average molecular weight is 257 g/mol. The molecule has 0 bridgehead atoms. The second-order valence-corrected chi connectivity index (χ2v) is 5.18. The van der Waals surface area contributed by atoms with Gasteiger partial charge in [-0.2, -0.15) is 11.3 Å². The van der Waals surface area contributed by atoms with Crippen LogP contribution in [0.15, 0.2) is 47.3 Å². The maximum atomic E-state index is 9.42. The van der Waals surface area contributed by atoms with Gasteiger partial charge in [0.2, 0.25) is 0 Å². The summed E-state index contributed by atoms with van der Waals surface area (Å²) in [5, 5.41) is 14.9. The van der Waals surface area contributed by atoms with Crippen LogP contribution in [0.4, 0.5) is 0 Å². The normalized spacial score (nSPS) is 11.2. The van der Waals surface area contributed by atoms with Crippen molar-refractivity contribution < 1.29 is 5.11 Å². The minimum Gasteiger partial charge on any atom is -0.392 e. The number of nitrogens with zero attached hydrogens (tertiary/aromatic N) is 1. The van der Waals surface area contributed by atoms with Gasteiger partial charge >= 0.3 is 0 Å². The van der Waals surface area contributed by atoms with Crippen molar-refractivity contribution in [2.45, 2.75) is 19.6 Å². The maximum Gasteiger partial charge on any atom is 0.0702 e. The SMILES string of the molecule is OCc1cccc2ccn(CCc3ccsc3)c12. The van der Waals surface area contributed by atoms with Crippen LogP contribution >= 0.6 is 11.3 Å². The molecule has 0 amide bonds. The van der Waals surface area contributed by atoms with E-state index in [9.17, 15) is 5.11 Å². The lowest BCUT2D eigenvalue weighted by Crippen LogP contribution is -2.01. The Morgan fingerprint density at radius 1 is 1.17 bits per heavy atom. The van der Waals surface area contributed by atoms with E-state index in [1.165, 1.54) is 10.9 Å². The molecule has 3 heteroatoms. The molecule has 18 heavy (non-hydrogen) atoms. The van der Waals surface area contributed by atoms with Gasteiger partial charge in [-0.3, -0.25) is 0 Å². The fourth-order valence-corrected chi connectivity index (χ4v) is 3.04. The summed E-state index contributed by atoms with van der Waals surface area (Å²) in [5.41, 5.74) is 3.54. The van der Waals surface area contributed by atoms with Gasteiger partial charge in [0.1, 0.15) is 0 Å². The molecule has 0 unspecified atom stereocenters. The molecular weight excluding hydrogens is 242 g/mol. The van der Waals surface area contributed by atoms with E-state index in [0.717, 1.165) is 24.0 Å². The van der Waals surface area contributed by atoms with E-state index in [1.807, 2.05) is 12.1 Å². The predicted molar refractivity (Wildman–Crippen MR) is 75.9 cm³/mol. The second kappa shape index (κ2) is 4.96. The van der Waals surface area contributed by atoms with Gasteiger partial charge in [-0.25, -0.2) is 0 Å². The van der Waals surface area contributed by atoms with Crippen LogP contribution in [-0.4, -0.2) is 9.67 Å². The highest BCUT2D eigenvalue weighted by atomic mass is 32.1. The fraction of sp³-hybridized carbons (Fsp3) is 0.200. The Hall–Kier alpha value is -1.58. The Labute approximate surface area is 110 Å². The lowest BCUT2D eigenvalue weighted by molar-refractivity contribution is 0.283. The molecule has 2 nitrogen and oxygen atoms in total. The first-order valence-electron chi connectivity index (χ1n) is 6.07. The monoisotopic (exact) mass is 257 g/mol. The summed E-state index contributed by atoms with van der Waals surface area (Å²) in [4.78, 5) is 0. The fourth-order valence-electron chi connectivity index (χ4n) is 2.34. The Bertz CT molecular complexity index is 640. The van der Waals surface area contributed by atoms with E-state index in [-0.39, 0.29) is 6.61 Å². The van der Waals surface area contributed by atoms with Crippen LogP contribution in [0, 0.1) is 0 Å². The number of fused-ring (bicyclic) bond motifs is 1. The summed E-state index contributed by atoms with van der Waals surface area (Å²) in [6.07, 6.45) is 3.14. The maximum absolute atomic E-state index is 9.42. The molecule has 0 atom stereocenters. The first-order chi connectivity index (χ1) is 8.88. The van der Waals surface area contributed by atoms with Crippen molar-refractivity contribution >= 4 is 22.2 Å². The van der Waals surface area contributed by atoms with Crippen molar-refractivity contribution in [1.82, 2.24) is 4.57 Å². The summed E-state index contributed by atoms with van der Waals surface area (Å²) in [6, 6.07) is 10.4. The van der Waals surface area contributed by atoms with Gasteiger partial charge in [-0.1, -0.05) is 18.2 Å². The van der Waals surface area contributed by atoms with Crippen molar-refractivity contribution in [2.75, 3.05) is 0 Å². The number of aromatic nitrogens is 1. The molecule has 0 aliphatic rings. The van der Waals surface area contributed by atoms with Crippen LogP contribution in [0.25, 0.3) is 10.9 Å². The summed E-state index contributed by atoms with van der Waals surface area (Å²) in [7, 11) is 0. The minimum absolute atomic E-state index is 0.0970. The van der Waals surface area contributed by atoms with Crippen molar-refractivity contribution in [1.29, 1.82) is 0 Å². The number of thiophene rings is 1. The molecule has 3 rings (SSSR count). The highest BCUT2D eigenvalue weighted by molar-refractivity contribution is 7.07. The lowest BCUT2D eigenvalue weighted by Gasteiger charge is -2.08. The number of aliphatic hydroxyl groups excluding tert-OH is 1. The summed E-state index contributed by atoms with van der Waals surface area (Å²) < 4.78 is 2.23. The molecule has 92 valence electrons. The van der Waals surface area contributed by atoms with Crippen LogP contribution in [0.2, 0.25) is 0 Å². The van der Waals surface area contributed by atoms with E-state index in [2.05, 4.69) is 39.7 Å². The summed E-state index contributed by atoms with van der Waals surface area (Å²) in [6.45, 7) is 1.05. The smallest absolute Gasteiger partial charge is 0.0702 e. The number of para-hydroxylation sites is 1. The molecule has 0 radical (unpaired) electrons. The zero-order chi connectivity index (χ0) is 12.4. The molecule has 0 saturated heterocycles. The second-order valence-electron chi connectivity index (χ2n) is 4.40. The van der Waals surface area contributed by atoms with Crippen molar-refractivity contribution in [3.63, 3.8) is 0 Å². The van der Waals surface area contributed by atoms with Crippen molar-refractivity contribution in [3.05, 3.63) is 58.4 Å². The van der Waals surface area contributed by atoms with E-state index in [4.69, 9.17) is 0 Å². The van der Waals surface area contributed by atoms with Gasteiger partial charge in [-0.05, 0) is 40.3 Å². The molecule has 0 aliphatic heterocycles. The Morgan fingerprint density at radius 2 is 2.11 bits per heavy atom. The van der Waals surface area contributed by atoms with Crippen LogP contribution in [-0.2, 0) is 19.6 Å². The van der Waals surface area contributed by atoms with Crippen LogP contribution in [0.1, 0.15) is 11.1 Å². The molecule has 1 N–H and O–H groups in total. The molecule has 0 saturated carbocycles. The first kappa shape index (κ1) is 11.5. The van der Waals surface area contributed by atoms with Gasteiger partial charge in [0.15, 0.2) is 0 Å². The zero-order valence-electron chi connectivity index (χ0n) is 10.0. The Balaban J connectivity index is 1.92. The van der Waals surface area contributed by atoms with Gasteiger partial charge in [0.25, 0.3) is 0 Å². The molecule has 0 spiro atoms. The third kappa shape index (κ3) is 2.07. The molecule has 0 fully saturated rings. The molecule has 2 aromatic heterocycles. The van der Waals surface area contributed by atoms with Crippen molar-refractivity contribution in [2.24, 2.45) is 0 Å².